The van der Waals surface area contributed by atoms with Crippen molar-refractivity contribution in [2.24, 2.45) is 5.73 Å². The number of nitrogens with two attached hydrogens (primary N) is 1. The fraction of sp³-hybridized carbons (Fsp3) is 0.400. The number of hydrogen-bond donors (Lipinski definition) is 3. The summed E-state index contributed by atoms with van der Waals surface area (Å²) in [7, 11) is 0. The molecule has 0 aromatic heterocycles. The molecular weight excluding hydrogens is 496 g/mol. The zero-order chi connectivity index (χ0) is 28.6. The number of carbonyl (C=O) groups excluding carboxylic acids is 4. The van der Waals surface area contributed by atoms with Crippen LogP contribution in [-0.4, -0.2) is 46.4 Å². The monoisotopic (exact) mass is 532 g/mol. The highest BCUT2D eigenvalue weighted by molar-refractivity contribution is 5.93. The van der Waals surface area contributed by atoms with Gasteiger partial charge in [-0.15, -0.1) is 6.42 Å². The molecule has 0 aliphatic heterocycles. The van der Waals surface area contributed by atoms with E-state index in [9.17, 15) is 19.2 Å². The number of terminal acetylenes is 1. The first-order chi connectivity index (χ1) is 18.5. The molecule has 2 aromatic carbocycles. The quantitative estimate of drug-likeness (QED) is 0.383. The summed E-state index contributed by atoms with van der Waals surface area (Å²) in [6.07, 6.45) is 6.14. The Hall–Kier alpha value is -4.32. The van der Waals surface area contributed by atoms with Crippen LogP contribution in [0.5, 0.6) is 0 Å². The number of carbonyl (C=O) groups is 4. The summed E-state index contributed by atoms with van der Waals surface area (Å²) >= 11 is 0. The standard InChI is InChI=1S/C30H36N4O5/c1-5-21-13-9-10-14-23(21)26(27(36)32-19-20-11-7-6-8-12-20)34(22-15-16-22)28(37)24(17-18-25(31)35)33-29(38)39-30(2,3)4/h1,6-14,22,24,26H,15-19H2,2-4H3,(H2,31,35)(H,32,36)(H,33,38). The summed E-state index contributed by atoms with van der Waals surface area (Å²) < 4.78 is 5.35. The van der Waals surface area contributed by atoms with E-state index in [0.29, 0.717) is 24.0 Å². The van der Waals surface area contributed by atoms with E-state index in [0.717, 1.165) is 5.56 Å². The van der Waals surface area contributed by atoms with Crippen LogP contribution in [0, 0.1) is 12.3 Å². The average Bonchev–Trinajstić information content (AvgIpc) is 3.72. The summed E-state index contributed by atoms with van der Waals surface area (Å²) in [6, 6.07) is 13.9. The smallest absolute Gasteiger partial charge is 0.408 e. The first kappa shape index (κ1) is 29.2. The minimum Gasteiger partial charge on any atom is -0.444 e. The molecule has 1 aliphatic rings. The van der Waals surface area contributed by atoms with E-state index in [1.165, 1.54) is 4.90 Å². The van der Waals surface area contributed by atoms with E-state index in [1.54, 1.807) is 45.0 Å². The molecule has 4 amide bonds. The van der Waals surface area contributed by atoms with Gasteiger partial charge in [0.05, 0.1) is 0 Å². The molecule has 2 atom stereocenters. The highest BCUT2D eigenvalue weighted by Gasteiger charge is 2.44. The Morgan fingerprint density at radius 3 is 2.31 bits per heavy atom. The maximum Gasteiger partial charge on any atom is 0.408 e. The van der Waals surface area contributed by atoms with Crippen molar-refractivity contribution in [1.29, 1.82) is 0 Å². The third-order valence-corrected chi connectivity index (χ3v) is 6.11. The van der Waals surface area contributed by atoms with Crippen LogP contribution in [0.15, 0.2) is 54.6 Å². The molecule has 2 unspecified atom stereocenters. The number of rotatable bonds is 11. The van der Waals surface area contributed by atoms with E-state index in [1.807, 2.05) is 30.3 Å². The van der Waals surface area contributed by atoms with Crippen molar-refractivity contribution in [3.63, 3.8) is 0 Å². The number of benzene rings is 2. The molecule has 0 heterocycles. The van der Waals surface area contributed by atoms with Gasteiger partial charge >= 0.3 is 6.09 Å². The Balaban J connectivity index is 1.98. The van der Waals surface area contributed by atoms with Crippen molar-refractivity contribution < 1.29 is 23.9 Å². The van der Waals surface area contributed by atoms with E-state index >= 15 is 0 Å². The zero-order valence-corrected chi connectivity index (χ0v) is 22.6. The highest BCUT2D eigenvalue weighted by Crippen LogP contribution is 2.37. The van der Waals surface area contributed by atoms with Gasteiger partial charge in [-0.2, -0.15) is 0 Å². The summed E-state index contributed by atoms with van der Waals surface area (Å²) in [5.41, 5.74) is 6.42. The van der Waals surface area contributed by atoms with E-state index in [-0.39, 0.29) is 25.4 Å². The Labute approximate surface area is 229 Å². The average molecular weight is 533 g/mol. The molecule has 2 aromatic rings. The third-order valence-electron chi connectivity index (χ3n) is 6.11. The number of hydrogen-bond acceptors (Lipinski definition) is 5. The number of nitrogens with one attached hydrogen (secondary N) is 2. The molecule has 39 heavy (non-hydrogen) atoms. The van der Waals surface area contributed by atoms with Crippen LogP contribution in [0.1, 0.15) is 69.2 Å². The summed E-state index contributed by atoms with van der Waals surface area (Å²) in [5, 5.41) is 5.53. The van der Waals surface area contributed by atoms with E-state index < -0.39 is 41.5 Å². The van der Waals surface area contributed by atoms with Crippen LogP contribution < -0.4 is 16.4 Å². The van der Waals surface area contributed by atoms with Crippen molar-refractivity contribution >= 4 is 23.8 Å². The summed E-state index contributed by atoms with van der Waals surface area (Å²) in [4.78, 5) is 53.6. The minimum absolute atomic E-state index is 0.0498. The van der Waals surface area contributed by atoms with Gasteiger partial charge in [0.25, 0.3) is 0 Å². The number of alkyl carbamates (subject to hydrolysis) is 1. The summed E-state index contributed by atoms with van der Waals surface area (Å²) in [6.45, 7) is 5.36. The topological polar surface area (TPSA) is 131 Å². The SMILES string of the molecule is C#Cc1ccccc1C(C(=O)NCc1ccccc1)N(C(=O)C(CCC(N)=O)NC(=O)OC(C)(C)C)C1CC1. The van der Waals surface area contributed by atoms with Crippen molar-refractivity contribution in [2.45, 2.75) is 76.7 Å². The molecule has 0 saturated heterocycles. The van der Waals surface area contributed by atoms with Crippen molar-refractivity contribution in [3.8, 4) is 12.3 Å². The predicted molar refractivity (Wildman–Crippen MR) is 147 cm³/mol. The molecule has 0 radical (unpaired) electrons. The first-order valence-electron chi connectivity index (χ1n) is 13.0. The molecule has 9 heteroatoms. The van der Waals surface area contributed by atoms with Crippen LogP contribution in [0.4, 0.5) is 4.79 Å². The lowest BCUT2D eigenvalue weighted by Crippen LogP contribution is -2.54. The van der Waals surface area contributed by atoms with Gasteiger partial charge in [0, 0.05) is 24.6 Å². The number of amides is 4. The molecule has 0 spiro atoms. The molecule has 206 valence electrons. The molecular formula is C30H36N4O5. The highest BCUT2D eigenvalue weighted by atomic mass is 16.6. The second-order valence-corrected chi connectivity index (χ2v) is 10.5. The lowest BCUT2D eigenvalue weighted by molar-refractivity contribution is -0.143. The molecule has 1 saturated carbocycles. The van der Waals surface area contributed by atoms with Crippen LogP contribution in [0.2, 0.25) is 0 Å². The number of nitrogens with zero attached hydrogens (tertiary/aromatic N) is 1. The second kappa shape index (κ2) is 13.0. The lowest BCUT2D eigenvalue weighted by Gasteiger charge is -2.35. The van der Waals surface area contributed by atoms with Gasteiger partial charge in [0.1, 0.15) is 17.7 Å². The van der Waals surface area contributed by atoms with E-state index in [2.05, 4.69) is 16.6 Å². The van der Waals surface area contributed by atoms with Crippen LogP contribution in [0.25, 0.3) is 0 Å². The second-order valence-electron chi connectivity index (χ2n) is 10.5. The largest absolute Gasteiger partial charge is 0.444 e. The molecule has 4 N–H and O–H groups in total. The van der Waals surface area contributed by atoms with E-state index in [4.69, 9.17) is 16.9 Å². The Bertz CT molecular complexity index is 1230. The molecule has 1 fully saturated rings. The summed E-state index contributed by atoms with van der Waals surface area (Å²) in [5.74, 6) is 1.07. The molecule has 9 nitrogen and oxygen atoms in total. The van der Waals surface area contributed by atoms with Gasteiger partial charge in [-0.1, -0.05) is 54.5 Å². The Morgan fingerprint density at radius 1 is 1.08 bits per heavy atom. The Morgan fingerprint density at radius 2 is 1.72 bits per heavy atom. The maximum atomic E-state index is 14.1. The van der Waals surface area contributed by atoms with Gasteiger partial charge < -0.3 is 26.0 Å². The van der Waals surface area contributed by atoms with Gasteiger partial charge in [0.2, 0.25) is 17.7 Å². The molecule has 0 bridgehead atoms. The molecule has 1 aliphatic carbocycles. The predicted octanol–water partition coefficient (Wildman–Crippen LogP) is 3.18. The first-order valence-corrected chi connectivity index (χ1v) is 13.0. The van der Waals surface area contributed by atoms with Crippen LogP contribution in [-0.2, 0) is 25.7 Å². The number of primary amides is 1. The fourth-order valence-corrected chi connectivity index (χ4v) is 4.21. The number of ether oxygens (including phenoxy) is 1. The fourth-order valence-electron chi connectivity index (χ4n) is 4.21. The third kappa shape index (κ3) is 8.60. The van der Waals surface area contributed by atoms with Gasteiger partial charge in [-0.3, -0.25) is 14.4 Å². The molecule has 3 rings (SSSR count). The van der Waals surface area contributed by atoms with Crippen molar-refractivity contribution in [3.05, 3.63) is 71.3 Å². The maximum absolute atomic E-state index is 14.1. The van der Waals surface area contributed by atoms with Gasteiger partial charge in [-0.05, 0) is 57.2 Å². The van der Waals surface area contributed by atoms with Gasteiger partial charge in [0.15, 0.2) is 0 Å². The van der Waals surface area contributed by atoms with Crippen molar-refractivity contribution in [1.82, 2.24) is 15.5 Å². The van der Waals surface area contributed by atoms with Crippen molar-refractivity contribution in [2.75, 3.05) is 0 Å². The van der Waals surface area contributed by atoms with Gasteiger partial charge in [-0.25, -0.2) is 4.79 Å². The minimum atomic E-state index is -1.14. The van der Waals surface area contributed by atoms with Crippen LogP contribution >= 0.6 is 0 Å². The lowest BCUT2D eigenvalue weighted by atomic mass is 9.96. The van der Waals surface area contributed by atoms with Crippen LogP contribution in [0.3, 0.4) is 0 Å². The zero-order valence-electron chi connectivity index (χ0n) is 22.6. The normalized spacial score (nSPS) is 14.3. The Kier molecular flexibility index (Phi) is 9.72.